The Hall–Kier alpha value is -1.69. The highest BCUT2D eigenvalue weighted by atomic mass is 16.5. The summed E-state index contributed by atoms with van der Waals surface area (Å²) in [4.78, 5) is 10.5. The van der Waals surface area contributed by atoms with E-state index in [-0.39, 0.29) is 5.84 Å². The summed E-state index contributed by atoms with van der Waals surface area (Å²) >= 11 is 0. The maximum atomic E-state index is 7.44. The monoisotopic (exact) mass is 263 g/mol. The number of ether oxygens (including phenoxy) is 1. The van der Waals surface area contributed by atoms with Gasteiger partial charge in [0.15, 0.2) is 0 Å². The number of nitrogens with two attached hydrogens (primary N) is 1. The molecule has 0 saturated heterocycles. The van der Waals surface area contributed by atoms with Gasteiger partial charge in [0.25, 0.3) is 0 Å². The first kappa shape index (κ1) is 13.7. The van der Waals surface area contributed by atoms with E-state index in [0.717, 1.165) is 24.8 Å². The number of rotatable bonds is 7. The number of amidine groups is 1. The zero-order valence-electron chi connectivity index (χ0n) is 11.5. The SMILES string of the molecule is Cc1cc(C(=N)N)nc(N(C)CCOCC2CC2)n1. The fourth-order valence-corrected chi connectivity index (χ4v) is 1.70. The summed E-state index contributed by atoms with van der Waals surface area (Å²) in [6.45, 7) is 4.13. The Labute approximate surface area is 113 Å². The number of hydrogen-bond donors (Lipinski definition) is 2. The summed E-state index contributed by atoms with van der Waals surface area (Å²) in [5, 5.41) is 7.44. The van der Waals surface area contributed by atoms with Crippen LogP contribution in [0.3, 0.4) is 0 Å². The molecule has 0 unspecified atom stereocenters. The van der Waals surface area contributed by atoms with Crippen molar-refractivity contribution >= 4 is 11.8 Å². The molecule has 3 N–H and O–H groups in total. The molecule has 0 spiro atoms. The lowest BCUT2D eigenvalue weighted by Crippen LogP contribution is -2.26. The molecule has 0 radical (unpaired) electrons. The largest absolute Gasteiger partial charge is 0.382 e. The number of nitrogens with zero attached hydrogens (tertiary/aromatic N) is 3. The van der Waals surface area contributed by atoms with Gasteiger partial charge in [-0.1, -0.05) is 0 Å². The smallest absolute Gasteiger partial charge is 0.226 e. The van der Waals surface area contributed by atoms with Crippen LogP contribution in [0, 0.1) is 18.3 Å². The van der Waals surface area contributed by atoms with Gasteiger partial charge in [-0.15, -0.1) is 0 Å². The van der Waals surface area contributed by atoms with Crippen molar-refractivity contribution in [2.24, 2.45) is 11.7 Å². The molecule has 1 saturated carbocycles. The number of hydrogen-bond acceptors (Lipinski definition) is 5. The van der Waals surface area contributed by atoms with Crippen LogP contribution < -0.4 is 10.6 Å². The lowest BCUT2D eigenvalue weighted by Gasteiger charge is -2.18. The van der Waals surface area contributed by atoms with E-state index >= 15 is 0 Å². The number of anilines is 1. The second-order valence-electron chi connectivity index (χ2n) is 5.05. The van der Waals surface area contributed by atoms with Crippen molar-refractivity contribution in [2.75, 3.05) is 31.7 Å². The van der Waals surface area contributed by atoms with Gasteiger partial charge in [0.2, 0.25) is 5.95 Å². The van der Waals surface area contributed by atoms with Crippen LogP contribution in [0.4, 0.5) is 5.95 Å². The maximum absolute atomic E-state index is 7.44. The first-order valence-electron chi connectivity index (χ1n) is 6.55. The van der Waals surface area contributed by atoms with Crippen LogP contribution in [0.2, 0.25) is 0 Å². The Bertz CT molecular complexity index is 458. The molecule has 1 heterocycles. The average molecular weight is 263 g/mol. The molecule has 1 fully saturated rings. The lowest BCUT2D eigenvalue weighted by atomic mass is 10.3. The fourth-order valence-electron chi connectivity index (χ4n) is 1.70. The number of nitrogen functional groups attached to an aromatic ring is 1. The van der Waals surface area contributed by atoms with Crippen LogP contribution in [0.25, 0.3) is 0 Å². The summed E-state index contributed by atoms with van der Waals surface area (Å²) in [6, 6.07) is 1.71. The van der Waals surface area contributed by atoms with Crippen molar-refractivity contribution in [1.29, 1.82) is 5.41 Å². The van der Waals surface area contributed by atoms with E-state index in [0.29, 0.717) is 18.2 Å². The maximum Gasteiger partial charge on any atom is 0.226 e. The van der Waals surface area contributed by atoms with Crippen LogP contribution in [-0.4, -0.2) is 42.6 Å². The van der Waals surface area contributed by atoms with Crippen molar-refractivity contribution in [2.45, 2.75) is 19.8 Å². The molecule has 0 aliphatic heterocycles. The van der Waals surface area contributed by atoms with Gasteiger partial charge in [-0.25, -0.2) is 9.97 Å². The summed E-state index contributed by atoms with van der Waals surface area (Å²) in [5.74, 6) is 1.33. The number of aromatic nitrogens is 2. The van der Waals surface area contributed by atoms with E-state index in [9.17, 15) is 0 Å². The van der Waals surface area contributed by atoms with Crippen molar-refractivity contribution < 1.29 is 4.74 Å². The molecular formula is C13H21N5O. The molecule has 6 heteroatoms. The van der Waals surface area contributed by atoms with Gasteiger partial charge in [0.1, 0.15) is 11.5 Å². The Morgan fingerprint density at radius 3 is 2.89 bits per heavy atom. The number of nitrogens with one attached hydrogen (secondary N) is 1. The highest BCUT2D eigenvalue weighted by Gasteiger charge is 2.21. The molecule has 1 aliphatic rings. The van der Waals surface area contributed by atoms with E-state index in [4.69, 9.17) is 15.9 Å². The predicted molar refractivity (Wildman–Crippen MR) is 74.6 cm³/mol. The zero-order valence-corrected chi connectivity index (χ0v) is 11.5. The highest BCUT2D eigenvalue weighted by Crippen LogP contribution is 2.28. The van der Waals surface area contributed by atoms with Gasteiger partial charge in [0, 0.05) is 25.9 Å². The van der Waals surface area contributed by atoms with Crippen molar-refractivity contribution in [3.05, 3.63) is 17.5 Å². The second kappa shape index (κ2) is 5.97. The zero-order chi connectivity index (χ0) is 13.8. The highest BCUT2D eigenvalue weighted by molar-refractivity contribution is 5.93. The molecule has 1 aromatic rings. The lowest BCUT2D eigenvalue weighted by molar-refractivity contribution is 0.130. The van der Waals surface area contributed by atoms with Crippen molar-refractivity contribution in [3.8, 4) is 0 Å². The first-order chi connectivity index (χ1) is 9.06. The van der Waals surface area contributed by atoms with E-state index < -0.39 is 0 Å². The normalized spacial score (nSPS) is 14.4. The molecule has 2 rings (SSSR count). The van der Waals surface area contributed by atoms with E-state index in [2.05, 4.69) is 9.97 Å². The van der Waals surface area contributed by atoms with E-state index in [1.54, 1.807) is 6.07 Å². The topological polar surface area (TPSA) is 88.1 Å². The average Bonchev–Trinajstić information content (AvgIpc) is 3.17. The summed E-state index contributed by atoms with van der Waals surface area (Å²) in [5.41, 5.74) is 6.74. The van der Waals surface area contributed by atoms with Crippen molar-refractivity contribution in [3.63, 3.8) is 0 Å². The van der Waals surface area contributed by atoms with Crippen LogP contribution >= 0.6 is 0 Å². The predicted octanol–water partition coefficient (Wildman–Crippen LogP) is 0.932. The Balaban J connectivity index is 1.89. The molecule has 0 aromatic carbocycles. The van der Waals surface area contributed by atoms with Crippen LogP contribution in [0.5, 0.6) is 0 Å². The Kier molecular flexibility index (Phi) is 4.31. The third kappa shape index (κ3) is 4.17. The summed E-state index contributed by atoms with van der Waals surface area (Å²) in [7, 11) is 1.92. The van der Waals surface area contributed by atoms with E-state index in [1.165, 1.54) is 12.8 Å². The summed E-state index contributed by atoms with van der Waals surface area (Å²) < 4.78 is 5.59. The minimum Gasteiger partial charge on any atom is -0.382 e. The molecule has 0 atom stereocenters. The minimum atomic E-state index is -0.0369. The third-order valence-corrected chi connectivity index (χ3v) is 3.08. The molecule has 1 aliphatic carbocycles. The molecule has 1 aromatic heterocycles. The van der Waals surface area contributed by atoms with Gasteiger partial charge in [0.05, 0.1) is 6.61 Å². The van der Waals surface area contributed by atoms with Gasteiger partial charge in [-0.3, -0.25) is 5.41 Å². The molecule has 0 amide bonds. The Morgan fingerprint density at radius 2 is 2.26 bits per heavy atom. The molecule has 19 heavy (non-hydrogen) atoms. The van der Waals surface area contributed by atoms with Crippen LogP contribution in [0.1, 0.15) is 24.2 Å². The number of likely N-dealkylation sites (N-methyl/N-ethyl adjacent to an activating group) is 1. The third-order valence-electron chi connectivity index (χ3n) is 3.08. The van der Waals surface area contributed by atoms with Gasteiger partial charge < -0.3 is 15.4 Å². The van der Waals surface area contributed by atoms with Gasteiger partial charge in [-0.2, -0.15) is 0 Å². The summed E-state index contributed by atoms with van der Waals surface area (Å²) in [6.07, 6.45) is 2.61. The minimum absolute atomic E-state index is 0.0369. The molecule has 6 nitrogen and oxygen atoms in total. The first-order valence-corrected chi connectivity index (χ1v) is 6.55. The van der Waals surface area contributed by atoms with E-state index in [1.807, 2.05) is 18.9 Å². The van der Waals surface area contributed by atoms with Gasteiger partial charge in [-0.05, 0) is 31.7 Å². The molecule has 0 bridgehead atoms. The van der Waals surface area contributed by atoms with Gasteiger partial charge >= 0.3 is 0 Å². The standard InChI is InChI=1S/C13H21N5O/c1-9-7-11(12(14)15)17-13(16-9)18(2)5-6-19-8-10-3-4-10/h7,10H,3-6,8H2,1-2H3,(H3,14,15). The van der Waals surface area contributed by atoms with Crippen LogP contribution in [0.15, 0.2) is 6.07 Å². The Morgan fingerprint density at radius 1 is 1.53 bits per heavy atom. The quantitative estimate of drug-likeness (QED) is 0.434. The molecule has 104 valence electrons. The molecular weight excluding hydrogens is 242 g/mol. The fraction of sp³-hybridized carbons (Fsp3) is 0.615. The number of aryl methyl sites for hydroxylation is 1. The van der Waals surface area contributed by atoms with Crippen molar-refractivity contribution in [1.82, 2.24) is 9.97 Å². The second-order valence-corrected chi connectivity index (χ2v) is 5.05. The van der Waals surface area contributed by atoms with Crippen LogP contribution in [-0.2, 0) is 4.74 Å².